The zero-order valence-electron chi connectivity index (χ0n) is 16.5. The van der Waals surface area contributed by atoms with Crippen LogP contribution in [0.5, 0.6) is 0 Å². The monoisotopic (exact) mass is 423 g/mol. The number of benzene rings is 1. The van der Waals surface area contributed by atoms with Crippen molar-refractivity contribution in [2.45, 2.75) is 6.92 Å². The van der Waals surface area contributed by atoms with Gasteiger partial charge in [-0.2, -0.15) is 5.10 Å². The first-order chi connectivity index (χ1) is 14.4. The van der Waals surface area contributed by atoms with Crippen molar-refractivity contribution in [2.24, 2.45) is 7.05 Å². The van der Waals surface area contributed by atoms with E-state index in [0.29, 0.717) is 44.5 Å². The summed E-state index contributed by atoms with van der Waals surface area (Å²) in [5.74, 6) is -0.166. The number of carbonyl (C=O) groups excluding carboxylic acids is 2. The highest BCUT2D eigenvalue weighted by Gasteiger charge is 2.21. The molecule has 3 aromatic heterocycles. The Hall–Kier alpha value is -3.65. The van der Waals surface area contributed by atoms with E-state index in [1.54, 1.807) is 48.3 Å². The first kappa shape index (κ1) is 19.7. The lowest BCUT2D eigenvalue weighted by molar-refractivity contribution is 0.0961. The number of fused-ring (bicyclic) bond motifs is 1. The van der Waals surface area contributed by atoms with Crippen molar-refractivity contribution < 1.29 is 14.0 Å². The van der Waals surface area contributed by atoms with E-state index in [1.165, 1.54) is 13.1 Å². The zero-order valence-corrected chi connectivity index (χ0v) is 17.2. The van der Waals surface area contributed by atoms with Gasteiger partial charge in [0.15, 0.2) is 11.4 Å². The number of nitrogens with one attached hydrogen (secondary N) is 2. The van der Waals surface area contributed by atoms with Gasteiger partial charge in [-0.25, -0.2) is 4.98 Å². The third kappa shape index (κ3) is 3.42. The molecule has 3 heterocycles. The first-order valence-corrected chi connectivity index (χ1v) is 9.48. The van der Waals surface area contributed by atoms with Gasteiger partial charge in [0.2, 0.25) is 0 Å². The second kappa shape index (κ2) is 7.64. The van der Waals surface area contributed by atoms with Crippen LogP contribution >= 0.6 is 11.6 Å². The van der Waals surface area contributed by atoms with Gasteiger partial charge in [0.1, 0.15) is 5.69 Å². The van der Waals surface area contributed by atoms with Crippen LogP contribution in [0.4, 0.5) is 5.69 Å². The van der Waals surface area contributed by atoms with Gasteiger partial charge in [0, 0.05) is 19.8 Å². The molecule has 0 saturated carbocycles. The minimum atomic E-state index is -0.364. The van der Waals surface area contributed by atoms with Gasteiger partial charge in [-0.1, -0.05) is 11.6 Å². The van der Waals surface area contributed by atoms with E-state index < -0.39 is 0 Å². The first-order valence-electron chi connectivity index (χ1n) is 9.10. The summed E-state index contributed by atoms with van der Waals surface area (Å²) in [5.41, 5.74) is 2.86. The SMILES string of the molecule is CNC(=O)c1cc(NC(=O)c2cc(-c3ccco3)nc3c2c(C)nn3C)ccc1Cl. The highest BCUT2D eigenvalue weighted by molar-refractivity contribution is 6.34. The van der Waals surface area contributed by atoms with Gasteiger partial charge >= 0.3 is 0 Å². The van der Waals surface area contributed by atoms with Crippen molar-refractivity contribution in [1.29, 1.82) is 0 Å². The number of amides is 2. The van der Waals surface area contributed by atoms with E-state index in [9.17, 15) is 9.59 Å². The summed E-state index contributed by atoms with van der Waals surface area (Å²) in [6.45, 7) is 1.82. The molecule has 4 rings (SSSR count). The Kier molecular flexibility index (Phi) is 5.01. The Morgan fingerprint density at radius 1 is 1.13 bits per heavy atom. The summed E-state index contributed by atoms with van der Waals surface area (Å²) in [5, 5.41) is 10.7. The fourth-order valence-corrected chi connectivity index (χ4v) is 3.49. The normalized spacial score (nSPS) is 10.9. The quantitative estimate of drug-likeness (QED) is 0.519. The summed E-state index contributed by atoms with van der Waals surface area (Å²) in [6.07, 6.45) is 1.55. The predicted molar refractivity (Wildman–Crippen MR) is 114 cm³/mol. The van der Waals surface area contributed by atoms with E-state index >= 15 is 0 Å². The maximum atomic E-state index is 13.2. The second-order valence-corrected chi connectivity index (χ2v) is 7.08. The van der Waals surface area contributed by atoms with E-state index in [0.717, 1.165) is 0 Å². The van der Waals surface area contributed by atoms with Crippen LogP contribution in [0.3, 0.4) is 0 Å². The van der Waals surface area contributed by atoms with Crippen LogP contribution in [0.15, 0.2) is 47.1 Å². The van der Waals surface area contributed by atoms with Gasteiger partial charge in [-0.05, 0) is 43.3 Å². The Bertz CT molecular complexity index is 1280. The zero-order chi connectivity index (χ0) is 21.4. The van der Waals surface area contributed by atoms with E-state index in [1.807, 2.05) is 6.92 Å². The molecule has 0 radical (unpaired) electrons. The molecule has 0 aliphatic heterocycles. The average molecular weight is 424 g/mol. The lowest BCUT2D eigenvalue weighted by Gasteiger charge is -2.10. The third-order valence-corrected chi connectivity index (χ3v) is 5.01. The molecule has 0 unspecified atom stereocenters. The van der Waals surface area contributed by atoms with Crippen molar-refractivity contribution in [3.63, 3.8) is 0 Å². The molecule has 30 heavy (non-hydrogen) atoms. The number of halogens is 1. The highest BCUT2D eigenvalue weighted by atomic mass is 35.5. The molecule has 0 bridgehead atoms. The Balaban J connectivity index is 1.79. The molecule has 9 heteroatoms. The standard InChI is InChI=1S/C21H18ClN5O3/c1-11-18-14(10-16(17-5-4-8-30-17)25-19(18)27(3)26-11)21(29)24-12-6-7-15(22)13(9-12)20(28)23-2/h4-10H,1-3H3,(H,23,28)(H,24,29). The van der Waals surface area contributed by atoms with Crippen molar-refractivity contribution >= 4 is 40.1 Å². The number of pyridine rings is 1. The summed E-state index contributed by atoms with van der Waals surface area (Å²) < 4.78 is 7.08. The Morgan fingerprint density at radius 3 is 2.63 bits per heavy atom. The largest absolute Gasteiger partial charge is 0.463 e. The molecule has 1 aromatic carbocycles. The minimum Gasteiger partial charge on any atom is -0.463 e. The maximum Gasteiger partial charge on any atom is 0.256 e. The molecule has 0 saturated heterocycles. The lowest BCUT2D eigenvalue weighted by Crippen LogP contribution is -2.19. The van der Waals surface area contributed by atoms with E-state index in [-0.39, 0.29) is 17.4 Å². The molecule has 2 amide bonds. The molecule has 0 aliphatic carbocycles. The molecule has 8 nitrogen and oxygen atoms in total. The smallest absolute Gasteiger partial charge is 0.256 e. The predicted octanol–water partition coefficient (Wildman–Crippen LogP) is 3.80. The number of hydrogen-bond acceptors (Lipinski definition) is 5. The molecule has 0 aliphatic rings. The number of aryl methyl sites for hydroxylation is 2. The molecule has 152 valence electrons. The number of anilines is 1. The molecule has 0 atom stereocenters. The fourth-order valence-electron chi connectivity index (χ4n) is 3.28. The lowest BCUT2D eigenvalue weighted by atomic mass is 10.1. The summed E-state index contributed by atoms with van der Waals surface area (Å²) in [6, 6.07) is 9.92. The van der Waals surface area contributed by atoms with Gasteiger partial charge in [0.05, 0.1) is 33.5 Å². The van der Waals surface area contributed by atoms with Gasteiger partial charge in [0.25, 0.3) is 11.8 Å². The molecule has 0 spiro atoms. The Morgan fingerprint density at radius 2 is 1.93 bits per heavy atom. The van der Waals surface area contributed by atoms with Crippen LogP contribution in [-0.2, 0) is 7.05 Å². The second-order valence-electron chi connectivity index (χ2n) is 6.67. The Labute approximate surface area is 176 Å². The molecule has 0 fully saturated rings. The fraction of sp³-hybridized carbons (Fsp3) is 0.143. The van der Waals surface area contributed by atoms with Gasteiger partial charge in [-0.3, -0.25) is 14.3 Å². The van der Waals surface area contributed by atoms with Crippen LogP contribution < -0.4 is 10.6 Å². The number of carbonyl (C=O) groups is 2. The topological polar surface area (TPSA) is 102 Å². The van der Waals surface area contributed by atoms with Gasteiger partial charge in [-0.15, -0.1) is 0 Å². The maximum absolute atomic E-state index is 13.2. The summed E-state index contributed by atoms with van der Waals surface area (Å²) in [4.78, 5) is 29.8. The summed E-state index contributed by atoms with van der Waals surface area (Å²) >= 11 is 6.10. The minimum absolute atomic E-state index is 0.269. The van der Waals surface area contributed by atoms with Crippen LogP contribution in [0.2, 0.25) is 5.02 Å². The van der Waals surface area contributed by atoms with Crippen LogP contribution in [0, 0.1) is 6.92 Å². The number of nitrogens with zero attached hydrogens (tertiary/aromatic N) is 3. The average Bonchev–Trinajstić information content (AvgIpc) is 3.37. The number of rotatable bonds is 4. The molecule has 2 N–H and O–H groups in total. The van der Waals surface area contributed by atoms with Gasteiger partial charge < -0.3 is 15.1 Å². The van der Waals surface area contributed by atoms with Crippen LogP contribution in [0.1, 0.15) is 26.4 Å². The van der Waals surface area contributed by atoms with E-state index in [4.69, 9.17) is 16.0 Å². The van der Waals surface area contributed by atoms with Crippen molar-refractivity contribution in [3.05, 3.63) is 64.5 Å². The van der Waals surface area contributed by atoms with Crippen molar-refractivity contribution in [1.82, 2.24) is 20.1 Å². The highest BCUT2D eigenvalue weighted by Crippen LogP contribution is 2.28. The van der Waals surface area contributed by atoms with E-state index in [2.05, 4.69) is 20.7 Å². The molecular weight excluding hydrogens is 406 g/mol. The number of aromatic nitrogens is 3. The number of hydrogen-bond donors (Lipinski definition) is 2. The third-order valence-electron chi connectivity index (χ3n) is 4.68. The number of furan rings is 1. The molecular formula is C21H18ClN5O3. The molecule has 4 aromatic rings. The van der Waals surface area contributed by atoms with Crippen molar-refractivity contribution in [2.75, 3.05) is 12.4 Å². The van der Waals surface area contributed by atoms with Crippen LogP contribution in [0.25, 0.3) is 22.5 Å². The summed E-state index contributed by atoms with van der Waals surface area (Å²) in [7, 11) is 3.28. The van der Waals surface area contributed by atoms with Crippen LogP contribution in [-0.4, -0.2) is 33.6 Å². The van der Waals surface area contributed by atoms with Crippen molar-refractivity contribution in [3.8, 4) is 11.5 Å².